The molecular weight excluding hydrogens is 633 g/mol. The first-order valence-electron chi connectivity index (χ1n) is 14.4. The first-order valence-corrected chi connectivity index (χ1v) is 16.7. The average molecular weight is 669 g/mol. The lowest BCUT2D eigenvalue weighted by Crippen LogP contribution is -2.60. The number of aromatic nitrogens is 1. The molecular formula is C30H35F3N4O6S2. The van der Waals surface area contributed by atoms with Crippen LogP contribution in [-0.2, 0) is 34.2 Å². The highest BCUT2D eigenvalue weighted by Gasteiger charge is 2.41. The Bertz CT molecular complexity index is 1630. The van der Waals surface area contributed by atoms with Crippen LogP contribution in [0.4, 0.5) is 18.3 Å². The maximum atomic E-state index is 14.0. The average Bonchev–Trinajstić information content (AvgIpc) is 3.38. The lowest BCUT2D eigenvalue weighted by molar-refractivity contribution is -0.274. The van der Waals surface area contributed by atoms with E-state index in [0.29, 0.717) is 17.2 Å². The van der Waals surface area contributed by atoms with Crippen molar-refractivity contribution < 1.29 is 41.0 Å². The second-order valence-corrected chi connectivity index (χ2v) is 13.5. The Kier molecular flexibility index (Phi) is 10.8. The number of hydrogen-bond acceptors (Lipinski definition) is 8. The predicted octanol–water partition coefficient (Wildman–Crippen LogP) is 5.15. The molecule has 0 spiro atoms. The topological polar surface area (TPSA) is 129 Å². The molecule has 1 aromatic heterocycles. The van der Waals surface area contributed by atoms with Gasteiger partial charge in [-0.05, 0) is 54.7 Å². The molecule has 2 N–H and O–H groups in total. The number of carboxylic acid groups (broad SMARTS) is 1. The molecule has 1 amide bonds. The molecule has 0 saturated carbocycles. The van der Waals surface area contributed by atoms with Crippen molar-refractivity contribution in [3.8, 4) is 5.75 Å². The second-order valence-electron chi connectivity index (χ2n) is 10.6. The van der Waals surface area contributed by atoms with Gasteiger partial charge in [0.2, 0.25) is 15.9 Å². The van der Waals surface area contributed by atoms with E-state index in [9.17, 15) is 36.3 Å². The maximum absolute atomic E-state index is 14.0. The van der Waals surface area contributed by atoms with Crippen LogP contribution in [0.2, 0.25) is 0 Å². The molecule has 2 heterocycles. The Morgan fingerprint density at radius 2 is 1.73 bits per heavy atom. The van der Waals surface area contributed by atoms with Crippen molar-refractivity contribution in [2.45, 2.75) is 70.3 Å². The van der Waals surface area contributed by atoms with E-state index in [0.717, 1.165) is 57.8 Å². The molecule has 2 aromatic carbocycles. The lowest BCUT2D eigenvalue weighted by atomic mass is 10.1. The smallest absolute Gasteiger partial charge is 0.477 e. The van der Waals surface area contributed by atoms with E-state index < -0.39 is 40.1 Å². The van der Waals surface area contributed by atoms with E-state index in [1.807, 2.05) is 24.3 Å². The summed E-state index contributed by atoms with van der Waals surface area (Å²) in [6.07, 6.45) is -2.47. The van der Waals surface area contributed by atoms with E-state index in [2.05, 4.69) is 22.0 Å². The molecule has 1 fully saturated rings. The Hall–Kier alpha value is -3.69. The van der Waals surface area contributed by atoms with Crippen LogP contribution in [0, 0.1) is 6.92 Å². The first kappa shape index (κ1) is 34.2. The van der Waals surface area contributed by atoms with Crippen molar-refractivity contribution >= 4 is 38.4 Å². The van der Waals surface area contributed by atoms with E-state index in [1.165, 1.54) is 0 Å². The number of hydrogen-bond donors (Lipinski definition) is 2. The third-order valence-corrected chi connectivity index (χ3v) is 10.4. The standard InChI is InChI=1S/C30H35F3N4O6S2/c1-4-6-20-8-10-21(11-9-20)17-34-27(38)24-18-36(29-35-19(3)26(44-29)28(39)40)14-15-37(24)45(41,42)23-12-13-25(43-30(31,32)33)22(16-23)7-5-2/h8-13,16,24H,4-7,14-15,17-18H2,1-3H3,(H,34,38)(H,39,40). The van der Waals surface area contributed by atoms with Crippen LogP contribution in [0.5, 0.6) is 5.75 Å². The normalized spacial score (nSPS) is 16.0. The summed E-state index contributed by atoms with van der Waals surface area (Å²) in [7, 11) is -4.38. The molecule has 244 valence electrons. The van der Waals surface area contributed by atoms with Crippen LogP contribution >= 0.6 is 11.3 Å². The summed E-state index contributed by atoms with van der Waals surface area (Å²) in [6, 6.07) is 9.63. The zero-order chi connectivity index (χ0) is 32.9. The van der Waals surface area contributed by atoms with E-state index in [1.54, 1.807) is 18.7 Å². The summed E-state index contributed by atoms with van der Waals surface area (Å²) in [5, 5.41) is 12.6. The van der Waals surface area contributed by atoms with Gasteiger partial charge in [-0.25, -0.2) is 18.2 Å². The van der Waals surface area contributed by atoms with Gasteiger partial charge in [-0.2, -0.15) is 4.31 Å². The number of anilines is 1. The number of nitrogens with zero attached hydrogens (tertiary/aromatic N) is 3. The molecule has 45 heavy (non-hydrogen) atoms. The number of carbonyl (C=O) groups excluding carboxylic acids is 1. The predicted molar refractivity (Wildman–Crippen MR) is 163 cm³/mol. The molecule has 1 atom stereocenters. The van der Waals surface area contributed by atoms with Gasteiger partial charge in [0.05, 0.1) is 10.6 Å². The van der Waals surface area contributed by atoms with Crippen LogP contribution in [-0.4, -0.2) is 66.7 Å². The molecule has 0 radical (unpaired) electrons. The third kappa shape index (κ3) is 8.32. The number of benzene rings is 2. The number of sulfonamides is 1. The Morgan fingerprint density at radius 3 is 2.33 bits per heavy atom. The van der Waals surface area contributed by atoms with E-state index >= 15 is 0 Å². The van der Waals surface area contributed by atoms with Crippen molar-refractivity contribution in [3.05, 3.63) is 69.7 Å². The Morgan fingerprint density at radius 1 is 1.07 bits per heavy atom. The maximum Gasteiger partial charge on any atom is 0.573 e. The minimum absolute atomic E-state index is 0.0391. The molecule has 1 unspecified atom stereocenters. The number of rotatable bonds is 12. The van der Waals surface area contributed by atoms with Crippen molar-refractivity contribution in [2.24, 2.45) is 0 Å². The Balaban J connectivity index is 1.65. The summed E-state index contributed by atoms with van der Waals surface area (Å²) >= 11 is 0.932. The largest absolute Gasteiger partial charge is 0.573 e. The highest BCUT2D eigenvalue weighted by atomic mass is 32.2. The second kappa shape index (κ2) is 14.2. The molecule has 15 heteroatoms. The molecule has 1 aliphatic heterocycles. The molecule has 4 rings (SSSR count). The summed E-state index contributed by atoms with van der Waals surface area (Å²) in [6.45, 7) is 5.34. The van der Waals surface area contributed by atoms with Gasteiger partial charge < -0.3 is 20.1 Å². The fourth-order valence-corrected chi connectivity index (χ4v) is 7.68. The zero-order valence-corrected chi connectivity index (χ0v) is 26.7. The number of aryl methyl sites for hydroxylation is 3. The number of alkyl halides is 3. The van der Waals surface area contributed by atoms with Gasteiger partial charge in [0.15, 0.2) is 5.13 Å². The SMILES string of the molecule is CCCc1ccc(CNC(=O)C2CN(c3nc(C)c(C(=O)O)s3)CCN2S(=O)(=O)c2ccc(OC(F)(F)F)c(CCC)c2)cc1. The summed E-state index contributed by atoms with van der Waals surface area (Å²) < 4.78 is 72.1. The number of ether oxygens (including phenoxy) is 1. The zero-order valence-electron chi connectivity index (χ0n) is 25.1. The van der Waals surface area contributed by atoms with Gasteiger partial charge in [0, 0.05) is 26.2 Å². The van der Waals surface area contributed by atoms with Crippen molar-refractivity contribution in [1.82, 2.24) is 14.6 Å². The highest BCUT2D eigenvalue weighted by Crippen LogP contribution is 2.33. The van der Waals surface area contributed by atoms with Gasteiger partial charge in [0.1, 0.15) is 16.7 Å². The van der Waals surface area contributed by atoms with Gasteiger partial charge in [-0.3, -0.25) is 4.79 Å². The first-order chi connectivity index (χ1) is 21.2. The van der Waals surface area contributed by atoms with Gasteiger partial charge >= 0.3 is 12.3 Å². The summed E-state index contributed by atoms with van der Waals surface area (Å²) in [5.41, 5.74) is 2.34. The quantitative estimate of drug-likeness (QED) is 0.271. The van der Waals surface area contributed by atoms with Crippen LogP contribution in [0.1, 0.15) is 58.7 Å². The molecule has 0 bridgehead atoms. The molecule has 0 aliphatic carbocycles. The number of piperazine rings is 1. The summed E-state index contributed by atoms with van der Waals surface area (Å²) in [5.74, 6) is -2.21. The van der Waals surface area contributed by atoms with Crippen LogP contribution in [0.25, 0.3) is 0 Å². The van der Waals surface area contributed by atoms with Crippen molar-refractivity contribution in [3.63, 3.8) is 0 Å². The van der Waals surface area contributed by atoms with Crippen LogP contribution < -0.4 is 15.0 Å². The number of carboxylic acids is 1. The summed E-state index contributed by atoms with van der Waals surface area (Å²) in [4.78, 5) is 31.1. The van der Waals surface area contributed by atoms with Gasteiger partial charge in [0.25, 0.3) is 0 Å². The van der Waals surface area contributed by atoms with Crippen molar-refractivity contribution in [2.75, 3.05) is 24.5 Å². The van der Waals surface area contributed by atoms with E-state index in [4.69, 9.17) is 0 Å². The van der Waals surface area contributed by atoms with Gasteiger partial charge in [-0.15, -0.1) is 13.2 Å². The van der Waals surface area contributed by atoms with Crippen LogP contribution in [0.15, 0.2) is 47.4 Å². The highest BCUT2D eigenvalue weighted by molar-refractivity contribution is 7.89. The fourth-order valence-electron chi connectivity index (χ4n) is 5.12. The van der Waals surface area contributed by atoms with Gasteiger partial charge in [-0.1, -0.05) is 62.3 Å². The number of thiazole rings is 1. The van der Waals surface area contributed by atoms with E-state index in [-0.39, 0.29) is 47.9 Å². The Labute approximate surface area is 263 Å². The third-order valence-electron chi connectivity index (χ3n) is 7.30. The molecule has 3 aromatic rings. The van der Waals surface area contributed by atoms with Crippen LogP contribution in [0.3, 0.4) is 0 Å². The monoisotopic (exact) mass is 668 g/mol. The van der Waals surface area contributed by atoms with Crippen molar-refractivity contribution in [1.29, 1.82) is 0 Å². The number of nitrogens with one attached hydrogen (secondary N) is 1. The lowest BCUT2D eigenvalue weighted by Gasteiger charge is -2.39. The minimum atomic E-state index is -4.95. The molecule has 1 saturated heterocycles. The number of halogens is 3. The number of aromatic carboxylic acids is 1. The number of amides is 1. The molecule has 1 aliphatic rings. The fraction of sp³-hybridized carbons (Fsp3) is 0.433. The number of carbonyl (C=O) groups is 2. The minimum Gasteiger partial charge on any atom is -0.477 e. The molecule has 10 nitrogen and oxygen atoms in total.